The first-order valence-corrected chi connectivity index (χ1v) is 9.94. The second kappa shape index (κ2) is 8.10. The molecule has 124 valence electrons. The number of thioether (sulfide) groups is 2. The molecule has 0 unspecified atom stereocenters. The standard InChI is InChI=1S/C18H17ClN2OS2/c1-12(13-6-4-7-15(19)9-13)20-17(22)11-24-18-21-16-8-3-2-5-14(16)10-23-18/h2-9,12H,10-11H2,1H3,(H,20,22)/t12-/m0/s1. The van der Waals surface area contributed by atoms with E-state index < -0.39 is 0 Å². The number of hydrogen-bond donors (Lipinski definition) is 1. The first kappa shape index (κ1) is 17.4. The van der Waals surface area contributed by atoms with E-state index in [4.69, 9.17) is 11.6 Å². The van der Waals surface area contributed by atoms with Crippen LogP contribution in [0.25, 0.3) is 0 Å². The highest BCUT2D eigenvalue weighted by atomic mass is 35.5. The number of carbonyl (C=O) groups excluding carboxylic acids is 1. The van der Waals surface area contributed by atoms with Gasteiger partial charge >= 0.3 is 0 Å². The maximum Gasteiger partial charge on any atom is 0.230 e. The number of halogens is 1. The topological polar surface area (TPSA) is 41.5 Å². The summed E-state index contributed by atoms with van der Waals surface area (Å²) in [6, 6.07) is 15.6. The van der Waals surface area contributed by atoms with Crippen LogP contribution in [-0.4, -0.2) is 16.0 Å². The lowest BCUT2D eigenvalue weighted by atomic mass is 10.1. The fraction of sp³-hybridized carbons (Fsp3) is 0.222. The molecule has 0 fully saturated rings. The number of rotatable bonds is 4. The summed E-state index contributed by atoms with van der Waals surface area (Å²) in [5.74, 6) is 1.26. The van der Waals surface area contributed by atoms with Crippen molar-refractivity contribution in [2.24, 2.45) is 4.99 Å². The molecule has 0 saturated carbocycles. The van der Waals surface area contributed by atoms with Gasteiger partial charge in [-0.2, -0.15) is 0 Å². The SMILES string of the molecule is C[C@H](NC(=O)CSC1=Nc2ccccc2CS1)c1cccc(Cl)c1. The van der Waals surface area contributed by atoms with Gasteiger partial charge in [-0.15, -0.1) is 0 Å². The molecule has 1 heterocycles. The zero-order valence-electron chi connectivity index (χ0n) is 13.2. The minimum absolute atomic E-state index is 0.00497. The monoisotopic (exact) mass is 376 g/mol. The van der Waals surface area contributed by atoms with Crippen LogP contribution in [0.3, 0.4) is 0 Å². The van der Waals surface area contributed by atoms with Crippen molar-refractivity contribution in [1.82, 2.24) is 5.32 Å². The van der Waals surface area contributed by atoms with Gasteiger partial charge in [-0.3, -0.25) is 4.79 Å². The molecule has 3 rings (SSSR count). The van der Waals surface area contributed by atoms with E-state index in [9.17, 15) is 4.79 Å². The maximum absolute atomic E-state index is 12.2. The van der Waals surface area contributed by atoms with Gasteiger partial charge in [0.2, 0.25) is 5.91 Å². The molecule has 24 heavy (non-hydrogen) atoms. The Labute approximate surface area is 155 Å². The normalized spacial score (nSPS) is 14.5. The highest BCUT2D eigenvalue weighted by molar-refractivity contribution is 8.38. The van der Waals surface area contributed by atoms with Crippen molar-refractivity contribution in [3.63, 3.8) is 0 Å². The van der Waals surface area contributed by atoms with Crippen molar-refractivity contribution in [3.8, 4) is 0 Å². The summed E-state index contributed by atoms with van der Waals surface area (Å²) in [6.45, 7) is 1.96. The lowest BCUT2D eigenvalue weighted by Crippen LogP contribution is -2.28. The van der Waals surface area contributed by atoms with Crippen LogP contribution in [0.4, 0.5) is 5.69 Å². The number of nitrogens with one attached hydrogen (secondary N) is 1. The number of fused-ring (bicyclic) bond motifs is 1. The molecule has 0 spiro atoms. The summed E-state index contributed by atoms with van der Waals surface area (Å²) in [4.78, 5) is 16.8. The fourth-order valence-corrected chi connectivity index (χ4v) is 4.43. The van der Waals surface area contributed by atoms with E-state index in [1.807, 2.05) is 49.4 Å². The van der Waals surface area contributed by atoms with Gasteiger partial charge < -0.3 is 5.32 Å². The molecular formula is C18H17ClN2OS2. The molecule has 1 N–H and O–H groups in total. The minimum atomic E-state index is -0.0709. The van der Waals surface area contributed by atoms with E-state index in [1.54, 1.807) is 11.8 Å². The van der Waals surface area contributed by atoms with Crippen molar-refractivity contribution < 1.29 is 4.79 Å². The third kappa shape index (κ3) is 4.56. The summed E-state index contributed by atoms with van der Waals surface area (Å²) in [6.07, 6.45) is 0. The molecule has 3 nitrogen and oxygen atoms in total. The molecule has 0 radical (unpaired) electrons. The Bertz CT molecular complexity index is 779. The Morgan fingerprint density at radius 2 is 2.17 bits per heavy atom. The van der Waals surface area contributed by atoms with Crippen molar-refractivity contribution in [2.75, 3.05) is 5.75 Å². The highest BCUT2D eigenvalue weighted by Gasteiger charge is 2.15. The van der Waals surface area contributed by atoms with Crippen LogP contribution in [0.15, 0.2) is 53.5 Å². The van der Waals surface area contributed by atoms with E-state index in [2.05, 4.69) is 16.4 Å². The van der Waals surface area contributed by atoms with E-state index in [1.165, 1.54) is 17.3 Å². The predicted molar refractivity (Wildman–Crippen MR) is 105 cm³/mol. The summed E-state index contributed by atoms with van der Waals surface area (Å²) in [5, 5.41) is 3.68. The lowest BCUT2D eigenvalue weighted by Gasteiger charge is -2.16. The zero-order chi connectivity index (χ0) is 16.9. The number of amides is 1. The summed E-state index contributed by atoms with van der Waals surface area (Å²) >= 11 is 9.16. The van der Waals surface area contributed by atoms with E-state index in [-0.39, 0.29) is 11.9 Å². The first-order valence-electron chi connectivity index (χ1n) is 7.59. The van der Waals surface area contributed by atoms with Gasteiger partial charge in [0.25, 0.3) is 0 Å². The van der Waals surface area contributed by atoms with Crippen LogP contribution in [-0.2, 0) is 10.5 Å². The second-order valence-electron chi connectivity index (χ2n) is 5.43. The Morgan fingerprint density at radius 3 is 3.00 bits per heavy atom. The van der Waals surface area contributed by atoms with Crippen LogP contribution >= 0.6 is 35.1 Å². The molecule has 0 aliphatic carbocycles. The van der Waals surface area contributed by atoms with Gasteiger partial charge in [0.15, 0.2) is 0 Å². The van der Waals surface area contributed by atoms with Crippen molar-refractivity contribution in [1.29, 1.82) is 0 Å². The van der Waals surface area contributed by atoms with Crippen LogP contribution in [0.1, 0.15) is 24.1 Å². The number of para-hydroxylation sites is 1. The largest absolute Gasteiger partial charge is 0.349 e. The summed E-state index contributed by atoms with van der Waals surface area (Å²) in [7, 11) is 0. The van der Waals surface area contributed by atoms with Gasteiger partial charge in [-0.1, -0.05) is 65.5 Å². The third-order valence-electron chi connectivity index (χ3n) is 3.61. The van der Waals surface area contributed by atoms with Gasteiger partial charge in [0.1, 0.15) is 4.38 Å². The average Bonchev–Trinajstić information content (AvgIpc) is 2.59. The van der Waals surface area contributed by atoms with Crippen molar-refractivity contribution in [3.05, 3.63) is 64.7 Å². The first-order chi connectivity index (χ1) is 11.6. The highest BCUT2D eigenvalue weighted by Crippen LogP contribution is 2.34. The number of hydrogen-bond acceptors (Lipinski definition) is 4. The third-order valence-corrected chi connectivity index (χ3v) is 6.09. The Kier molecular flexibility index (Phi) is 5.87. The Morgan fingerprint density at radius 1 is 1.33 bits per heavy atom. The molecule has 1 atom stereocenters. The van der Waals surface area contributed by atoms with E-state index >= 15 is 0 Å². The smallest absolute Gasteiger partial charge is 0.230 e. The van der Waals surface area contributed by atoms with Crippen LogP contribution in [0.2, 0.25) is 5.02 Å². The van der Waals surface area contributed by atoms with Gasteiger partial charge in [-0.05, 0) is 36.2 Å². The van der Waals surface area contributed by atoms with Crippen molar-refractivity contribution >= 4 is 51.1 Å². The van der Waals surface area contributed by atoms with E-state index in [0.29, 0.717) is 10.8 Å². The summed E-state index contributed by atoms with van der Waals surface area (Å²) in [5.41, 5.74) is 3.25. The Hall–Kier alpha value is -1.43. The van der Waals surface area contributed by atoms with Crippen LogP contribution in [0.5, 0.6) is 0 Å². The zero-order valence-corrected chi connectivity index (χ0v) is 15.5. The molecule has 1 amide bonds. The molecule has 0 aromatic heterocycles. The lowest BCUT2D eigenvalue weighted by molar-refractivity contribution is -0.119. The molecule has 6 heteroatoms. The molecular weight excluding hydrogens is 360 g/mol. The van der Waals surface area contributed by atoms with E-state index in [0.717, 1.165) is 21.4 Å². The summed E-state index contributed by atoms with van der Waals surface area (Å²) < 4.78 is 0.944. The number of nitrogens with zero attached hydrogens (tertiary/aromatic N) is 1. The Balaban J connectivity index is 1.54. The quantitative estimate of drug-likeness (QED) is 0.798. The number of aliphatic imine (C=N–C) groups is 1. The number of carbonyl (C=O) groups is 1. The predicted octanol–water partition coefficient (Wildman–Crippen LogP) is 5.18. The fourth-order valence-electron chi connectivity index (χ4n) is 2.36. The van der Waals surface area contributed by atoms with Crippen molar-refractivity contribution in [2.45, 2.75) is 18.7 Å². The molecule has 0 bridgehead atoms. The molecule has 1 aliphatic heterocycles. The average molecular weight is 377 g/mol. The number of benzene rings is 2. The van der Waals surface area contributed by atoms with Crippen LogP contribution < -0.4 is 5.32 Å². The molecule has 0 saturated heterocycles. The molecule has 1 aliphatic rings. The van der Waals surface area contributed by atoms with Gasteiger partial charge in [-0.25, -0.2) is 4.99 Å². The second-order valence-corrected chi connectivity index (χ2v) is 8.05. The maximum atomic E-state index is 12.2. The van der Waals surface area contributed by atoms with Crippen LogP contribution in [0, 0.1) is 0 Å². The molecule has 2 aromatic rings. The van der Waals surface area contributed by atoms with Gasteiger partial charge in [0, 0.05) is 10.8 Å². The minimum Gasteiger partial charge on any atom is -0.349 e. The van der Waals surface area contributed by atoms with Gasteiger partial charge in [0.05, 0.1) is 17.5 Å². The molecule has 2 aromatic carbocycles.